The first-order valence-corrected chi connectivity index (χ1v) is 7.13. The second-order valence-corrected chi connectivity index (χ2v) is 5.37. The number of rotatable bonds is 3. The molecule has 0 radical (unpaired) electrons. The maximum absolute atomic E-state index is 12.2. The summed E-state index contributed by atoms with van der Waals surface area (Å²) in [5.41, 5.74) is 10.7. The number of nitrogens with one attached hydrogen (secondary N) is 1. The number of anilines is 3. The van der Waals surface area contributed by atoms with E-state index in [9.17, 15) is 4.79 Å². The molecule has 21 heavy (non-hydrogen) atoms. The Morgan fingerprint density at radius 3 is 2.90 bits per heavy atom. The van der Waals surface area contributed by atoms with Crippen molar-refractivity contribution in [1.29, 1.82) is 0 Å². The zero-order valence-electron chi connectivity index (χ0n) is 12.1. The van der Waals surface area contributed by atoms with Crippen molar-refractivity contribution in [3.8, 4) is 0 Å². The lowest BCUT2D eigenvalue weighted by atomic mass is 10.1. The summed E-state index contributed by atoms with van der Waals surface area (Å²) in [4.78, 5) is 14.4. The molecule has 0 aromatic heterocycles. The number of benzene rings is 2. The van der Waals surface area contributed by atoms with Crippen molar-refractivity contribution in [2.24, 2.45) is 0 Å². The molecule has 0 aliphatic carbocycles. The smallest absolute Gasteiger partial charge is 0.243 e. The topological polar surface area (TPSA) is 58.4 Å². The molecular formula is C17H19N3O. The molecule has 1 aliphatic heterocycles. The number of amides is 1. The fourth-order valence-corrected chi connectivity index (χ4v) is 2.72. The van der Waals surface area contributed by atoms with Crippen molar-refractivity contribution in [2.45, 2.75) is 13.3 Å². The van der Waals surface area contributed by atoms with Crippen LogP contribution >= 0.6 is 0 Å². The van der Waals surface area contributed by atoms with E-state index >= 15 is 0 Å². The standard InChI is InChI=1S/C17H19N3O/c1-12-14(18)6-4-7-15(12)19-17(21)11-20-10-9-13-5-2-3-8-16(13)20/h2-8H,9-11,18H2,1H3,(H,19,21). The molecule has 1 amide bonds. The van der Waals surface area contributed by atoms with E-state index in [2.05, 4.69) is 22.3 Å². The number of carbonyl (C=O) groups excluding carboxylic acids is 1. The molecule has 0 unspecified atom stereocenters. The predicted molar refractivity (Wildman–Crippen MR) is 86.6 cm³/mol. The van der Waals surface area contributed by atoms with Crippen molar-refractivity contribution in [3.63, 3.8) is 0 Å². The Bertz CT molecular complexity index is 681. The van der Waals surface area contributed by atoms with Crippen LogP contribution in [0.4, 0.5) is 17.1 Å². The van der Waals surface area contributed by atoms with Crippen LogP contribution in [0.25, 0.3) is 0 Å². The van der Waals surface area contributed by atoms with Gasteiger partial charge in [0.25, 0.3) is 0 Å². The van der Waals surface area contributed by atoms with Crippen LogP contribution in [-0.2, 0) is 11.2 Å². The molecule has 1 aliphatic rings. The minimum atomic E-state index is -0.0135. The van der Waals surface area contributed by atoms with Crippen LogP contribution in [0, 0.1) is 6.92 Å². The third-order valence-electron chi connectivity index (χ3n) is 3.97. The largest absolute Gasteiger partial charge is 0.398 e. The molecule has 0 fully saturated rings. The highest BCUT2D eigenvalue weighted by molar-refractivity contribution is 5.95. The van der Waals surface area contributed by atoms with E-state index in [4.69, 9.17) is 5.73 Å². The SMILES string of the molecule is Cc1c(N)cccc1NC(=O)CN1CCc2ccccc21. The highest BCUT2D eigenvalue weighted by Crippen LogP contribution is 2.27. The van der Waals surface area contributed by atoms with Gasteiger partial charge in [0.05, 0.1) is 6.54 Å². The van der Waals surface area contributed by atoms with Gasteiger partial charge in [-0.3, -0.25) is 4.79 Å². The zero-order valence-corrected chi connectivity index (χ0v) is 12.1. The first-order chi connectivity index (χ1) is 10.1. The summed E-state index contributed by atoms with van der Waals surface area (Å²) in [6.45, 7) is 3.17. The van der Waals surface area contributed by atoms with Gasteiger partial charge < -0.3 is 16.0 Å². The van der Waals surface area contributed by atoms with Gasteiger partial charge in [-0.15, -0.1) is 0 Å². The van der Waals surface area contributed by atoms with Gasteiger partial charge in [-0.25, -0.2) is 0 Å². The Morgan fingerprint density at radius 2 is 2.05 bits per heavy atom. The lowest BCUT2D eigenvalue weighted by Crippen LogP contribution is -2.32. The summed E-state index contributed by atoms with van der Waals surface area (Å²) < 4.78 is 0. The fraction of sp³-hybridized carbons (Fsp3) is 0.235. The Balaban J connectivity index is 1.69. The summed E-state index contributed by atoms with van der Waals surface area (Å²) >= 11 is 0. The van der Waals surface area contributed by atoms with Crippen LogP contribution in [0.5, 0.6) is 0 Å². The van der Waals surface area contributed by atoms with E-state index in [1.807, 2.05) is 37.3 Å². The molecule has 0 atom stereocenters. The maximum atomic E-state index is 12.2. The molecule has 3 rings (SSSR count). The molecule has 0 spiro atoms. The number of hydrogen-bond donors (Lipinski definition) is 2. The first kappa shape index (κ1) is 13.5. The van der Waals surface area contributed by atoms with Crippen LogP contribution in [-0.4, -0.2) is 19.0 Å². The monoisotopic (exact) mass is 281 g/mol. The van der Waals surface area contributed by atoms with E-state index in [1.54, 1.807) is 0 Å². The van der Waals surface area contributed by atoms with Gasteiger partial charge in [0.2, 0.25) is 5.91 Å². The molecule has 1 heterocycles. The van der Waals surface area contributed by atoms with Crippen LogP contribution in [0.15, 0.2) is 42.5 Å². The molecule has 108 valence electrons. The number of para-hydroxylation sites is 1. The number of nitrogens with zero attached hydrogens (tertiary/aromatic N) is 1. The van der Waals surface area contributed by atoms with Gasteiger partial charge in [0, 0.05) is 23.6 Å². The Hall–Kier alpha value is -2.49. The highest BCUT2D eigenvalue weighted by atomic mass is 16.2. The summed E-state index contributed by atoms with van der Waals surface area (Å²) in [5, 5.41) is 2.95. The summed E-state index contributed by atoms with van der Waals surface area (Å²) in [5.74, 6) is -0.0135. The van der Waals surface area contributed by atoms with Crippen LogP contribution < -0.4 is 16.0 Å². The average Bonchev–Trinajstić information content (AvgIpc) is 2.87. The van der Waals surface area contributed by atoms with Crippen LogP contribution in [0.2, 0.25) is 0 Å². The van der Waals surface area contributed by atoms with E-state index in [0.29, 0.717) is 12.2 Å². The van der Waals surface area contributed by atoms with Crippen molar-refractivity contribution in [3.05, 3.63) is 53.6 Å². The number of fused-ring (bicyclic) bond motifs is 1. The molecule has 0 saturated carbocycles. The normalized spacial score (nSPS) is 13.1. The molecule has 4 nitrogen and oxygen atoms in total. The Morgan fingerprint density at radius 1 is 1.24 bits per heavy atom. The predicted octanol–water partition coefficient (Wildman–Crippen LogP) is 2.58. The fourth-order valence-electron chi connectivity index (χ4n) is 2.72. The lowest BCUT2D eigenvalue weighted by Gasteiger charge is -2.19. The van der Waals surface area contributed by atoms with Crippen LogP contribution in [0.1, 0.15) is 11.1 Å². The Kier molecular flexibility index (Phi) is 3.52. The van der Waals surface area contributed by atoms with Gasteiger partial charge in [0.1, 0.15) is 0 Å². The van der Waals surface area contributed by atoms with E-state index in [-0.39, 0.29) is 5.91 Å². The second-order valence-electron chi connectivity index (χ2n) is 5.37. The molecule has 2 aromatic rings. The minimum absolute atomic E-state index is 0.0135. The summed E-state index contributed by atoms with van der Waals surface area (Å²) in [6, 6.07) is 13.8. The number of nitrogens with two attached hydrogens (primary N) is 1. The quantitative estimate of drug-likeness (QED) is 0.850. The van der Waals surface area contributed by atoms with E-state index in [1.165, 1.54) is 5.56 Å². The average molecular weight is 281 g/mol. The van der Waals surface area contributed by atoms with Gasteiger partial charge in [-0.1, -0.05) is 24.3 Å². The van der Waals surface area contributed by atoms with Gasteiger partial charge in [-0.05, 0) is 42.7 Å². The number of hydrogen-bond acceptors (Lipinski definition) is 3. The van der Waals surface area contributed by atoms with Crippen molar-refractivity contribution < 1.29 is 4.79 Å². The Labute approximate surface area is 124 Å². The summed E-state index contributed by atoms with van der Waals surface area (Å²) in [7, 11) is 0. The van der Waals surface area contributed by atoms with Gasteiger partial charge in [-0.2, -0.15) is 0 Å². The van der Waals surface area contributed by atoms with E-state index < -0.39 is 0 Å². The number of carbonyl (C=O) groups is 1. The molecule has 0 bridgehead atoms. The van der Waals surface area contributed by atoms with Crippen molar-refractivity contribution in [2.75, 3.05) is 29.0 Å². The summed E-state index contributed by atoms with van der Waals surface area (Å²) in [6.07, 6.45) is 1.00. The zero-order chi connectivity index (χ0) is 14.8. The van der Waals surface area contributed by atoms with Gasteiger partial charge in [0.15, 0.2) is 0 Å². The molecule has 4 heteroatoms. The maximum Gasteiger partial charge on any atom is 0.243 e. The highest BCUT2D eigenvalue weighted by Gasteiger charge is 2.20. The minimum Gasteiger partial charge on any atom is -0.398 e. The van der Waals surface area contributed by atoms with Crippen molar-refractivity contribution >= 4 is 23.0 Å². The second kappa shape index (κ2) is 5.48. The third-order valence-corrected chi connectivity index (χ3v) is 3.97. The number of nitrogen functional groups attached to an aromatic ring is 1. The first-order valence-electron chi connectivity index (χ1n) is 7.13. The lowest BCUT2D eigenvalue weighted by molar-refractivity contribution is -0.115. The third kappa shape index (κ3) is 2.70. The van der Waals surface area contributed by atoms with Crippen LogP contribution in [0.3, 0.4) is 0 Å². The molecule has 0 saturated heterocycles. The van der Waals surface area contributed by atoms with Crippen molar-refractivity contribution in [1.82, 2.24) is 0 Å². The molecular weight excluding hydrogens is 262 g/mol. The molecule has 3 N–H and O–H groups in total. The van der Waals surface area contributed by atoms with Gasteiger partial charge >= 0.3 is 0 Å². The molecule has 2 aromatic carbocycles. The van der Waals surface area contributed by atoms with E-state index in [0.717, 1.165) is 29.9 Å².